The van der Waals surface area contributed by atoms with E-state index in [2.05, 4.69) is 0 Å². The van der Waals surface area contributed by atoms with Gasteiger partial charge in [-0.3, -0.25) is 19.2 Å². The second-order valence-electron chi connectivity index (χ2n) is 10.2. The van der Waals surface area contributed by atoms with E-state index in [1.165, 1.54) is 6.92 Å². The number of piperidine rings is 1. The maximum atomic E-state index is 13.3. The fourth-order valence-corrected chi connectivity index (χ4v) is 6.40. The molecule has 1 atom stereocenters. The first-order chi connectivity index (χ1) is 16.8. The summed E-state index contributed by atoms with van der Waals surface area (Å²) in [4.78, 5) is 57.0. The first-order valence-electron chi connectivity index (χ1n) is 12.3. The largest absolute Gasteiger partial charge is 0.342 e. The fourth-order valence-electron chi connectivity index (χ4n) is 5.68. The summed E-state index contributed by atoms with van der Waals surface area (Å²) in [6, 6.07) is 10.9. The zero-order valence-corrected chi connectivity index (χ0v) is 20.9. The molecule has 1 unspecified atom stereocenters. The summed E-state index contributed by atoms with van der Waals surface area (Å²) in [6.45, 7) is 5.40. The number of ketones is 1. The van der Waals surface area contributed by atoms with E-state index in [9.17, 15) is 19.2 Å². The highest BCUT2D eigenvalue weighted by Gasteiger charge is 2.45. The minimum absolute atomic E-state index is 0.00354. The first kappa shape index (κ1) is 23.7. The molecule has 3 amide bonds. The second kappa shape index (κ2) is 9.57. The quantitative estimate of drug-likeness (QED) is 0.598. The summed E-state index contributed by atoms with van der Waals surface area (Å²) in [5.74, 6) is -0.100. The fraction of sp³-hybridized carbons (Fsp3) is 0.481. The normalized spacial score (nSPS) is 21.7. The third-order valence-corrected chi connectivity index (χ3v) is 8.75. The number of benzene rings is 1. The summed E-state index contributed by atoms with van der Waals surface area (Å²) in [5, 5.41) is 2.01. The Kier molecular flexibility index (Phi) is 6.49. The van der Waals surface area contributed by atoms with Crippen LogP contribution in [0.5, 0.6) is 0 Å². The smallest absolute Gasteiger partial charge is 0.253 e. The second-order valence-corrected chi connectivity index (χ2v) is 11.2. The Morgan fingerprint density at radius 2 is 1.63 bits per heavy atom. The number of likely N-dealkylation sites (tertiary alicyclic amines) is 3. The lowest BCUT2D eigenvalue weighted by molar-refractivity contribution is -0.135. The Labute approximate surface area is 209 Å². The van der Waals surface area contributed by atoms with Crippen LogP contribution in [0.4, 0.5) is 0 Å². The molecule has 3 aliphatic heterocycles. The average Bonchev–Trinajstić information content (AvgIpc) is 3.61. The average molecular weight is 494 g/mol. The van der Waals surface area contributed by atoms with Gasteiger partial charge < -0.3 is 14.7 Å². The monoisotopic (exact) mass is 493 g/mol. The van der Waals surface area contributed by atoms with E-state index in [0.717, 1.165) is 37.2 Å². The predicted molar refractivity (Wildman–Crippen MR) is 133 cm³/mol. The van der Waals surface area contributed by atoms with Gasteiger partial charge in [0.2, 0.25) is 11.8 Å². The lowest BCUT2D eigenvalue weighted by atomic mass is 9.77. The van der Waals surface area contributed by atoms with Crippen molar-refractivity contribution in [1.29, 1.82) is 0 Å². The molecule has 8 heteroatoms. The van der Waals surface area contributed by atoms with Gasteiger partial charge in [-0.25, -0.2) is 0 Å². The molecular weight excluding hydrogens is 462 g/mol. The molecule has 2 aromatic rings. The molecule has 184 valence electrons. The van der Waals surface area contributed by atoms with E-state index in [1.54, 1.807) is 35.6 Å². The molecule has 5 rings (SSSR count). The summed E-state index contributed by atoms with van der Waals surface area (Å²) in [7, 11) is 0. The number of carbonyl (C=O) groups excluding carboxylic acids is 4. The maximum absolute atomic E-state index is 13.3. The third kappa shape index (κ3) is 4.89. The molecule has 0 saturated carbocycles. The van der Waals surface area contributed by atoms with Crippen molar-refractivity contribution < 1.29 is 19.2 Å². The van der Waals surface area contributed by atoms with Crippen molar-refractivity contribution in [3.63, 3.8) is 0 Å². The Bertz CT molecular complexity index is 1120. The Balaban J connectivity index is 1.14. The van der Waals surface area contributed by atoms with Crippen molar-refractivity contribution in [2.24, 2.45) is 11.3 Å². The lowest BCUT2D eigenvalue weighted by Crippen LogP contribution is -2.45. The van der Waals surface area contributed by atoms with Crippen molar-refractivity contribution in [2.75, 3.05) is 32.7 Å². The van der Waals surface area contributed by atoms with Crippen LogP contribution in [0.15, 0.2) is 41.8 Å². The Morgan fingerprint density at radius 3 is 2.26 bits per heavy atom. The van der Waals surface area contributed by atoms with Gasteiger partial charge in [-0.1, -0.05) is 18.2 Å². The van der Waals surface area contributed by atoms with Gasteiger partial charge in [-0.05, 0) is 55.2 Å². The molecule has 0 aliphatic carbocycles. The van der Waals surface area contributed by atoms with Crippen molar-refractivity contribution >= 4 is 34.8 Å². The third-order valence-electron chi connectivity index (χ3n) is 7.89. The van der Waals surface area contributed by atoms with Crippen LogP contribution in [0.1, 0.15) is 58.2 Å². The first-order valence-corrected chi connectivity index (χ1v) is 13.2. The van der Waals surface area contributed by atoms with Crippen LogP contribution in [-0.2, 0) is 16.1 Å². The predicted octanol–water partition coefficient (Wildman–Crippen LogP) is 3.45. The van der Waals surface area contributed by atoms with Crippen molar-refractivity contribution in [2.45, 2.75) is 39.2 Å². The number of thiophene rings is 1. The van der Waals surface area contributed by atoms with Crippen LogP contribution in [0.2, 0.25) is 0 Å². The number of nitrogens with zero attached hydrogens (tertiary/aromatic N) is 3. The summed E-state index contributed by atoms with van der Waals surface area (Å²) < 4.78 is 0. The molecule has 3 aliphatic rings. The van der Waals surface area contributed by atoms with Gasteiger partial charge >= 0.3 is 0 Å². The number of hydrogen-bond donors (Lipinski definition) is 0. The van der Waals surface area contributed by atoms with E-state index in [-0.39, 0.29) is 34.8 Å². The van der Waals surface area contributed by atoms with Crippen LogP contribution in [0.25, 0.3) is 0 Å². The SMILES string of the molecule is CC(=O)c1ccc(C(=O)N2CCC3(CC2)CCN(C(=O)C2CC(=O)N(Cc4cccs4)C2)C3)cc1. The van der Waals surface area contributed by atoms with Gasteiger partial charge in [0.25, 0.3) is 5.91 Å². The zero-order chi connectivity index (χ0) is 24.6. The van der Waals surface area contributed by atoms with E-state index in [0.29, 0.717) is 43.7 Å². The molecule has 0 bridgehead atoms. The molecule has 7 nitrogen and oxygen atoms in total. The van der Waals surface area contributed by atoms with Crippen LogP contribution in [0, 0.1) is 11.3 Å². The van der Waals surface area contributed by atoms with Crippen LogP contribution in [0.3, 0.4) is 0 Å². The van der Waals surface area contributed by atoms with E-state index in [1.807, 2.05) is 32.2 Å². The number of amides is 3. The van der Waals surface area contributed by atoms with E-state index in [4.69, 9.17) is 0 Å². The molecule has 0 N–H and O–H groups in total. The maximum Gasteiger partial charge on any atom is 0.253 e. The van der Waals surface area contributed by atoms with Gasteiger partial charge in [-0.2, -0.15) is 0 Å². The van der Waals surface area contributed by atoms with Crippen LogP contribution in [-0.4, -0.2) is 70.9 Å². The summed E-state index contributed by atoms with van der Waals surface area (Å²) in [5.41, 5.74) is 1.27. The molecule has 3 saturated heterocycles. The molecule has 35 heavy (non-hydrogen) atoms. The van der Waals surface area contributed by atoms with Crippen molar-refractivity contribution in [3.8, 4) is 0 Å². The van der Waals surface area contributed by atoms with Crippen LogP contribution < -0.4 is 0 Å². The minimum Gasteiger partial charge on any atom is -0.342 e. The molecule has 1 aromatic carbocycles. The summed E-state index contributed by atoms with van der Waals surface area (Å²) >= 11 is 1.63. The van der Waals surface area contributed by atoms with Gasteiger partial charge in [0.15, 0.2) is 5.78 Å². The van der Waals surface area contributed by atoms with Gasteiger partial charge in [-0.15, -0.1) is 11.3 Å². The highest BCUT2D eigenvalue weighted by molar-refractivity contribution is 7.09. The topological polar surface area (TPSA) is 78.0 Å². The van der Waals surface area contributed by atoms with Gasteiger partial charge in [0, 0.05) is 55.1 Å². The lowest BCUT2D eigenvalue weighted by Gasteiger charge is -2.39. The Morgan fingerprint density at radius 1 is 0.971 bits per heavy atom. The molecule has 1 spiro atoms. The zero-order valence-electron chi connectivity index (χ0n) is 20.1. The summed E-state index contributed by atoms with van der Waals surface area (Å²) in [6.07, 6.45) is 3.01. The number of rotatable bonds is 5. The van der Waals surface area contributed by atoms with Gasteiger partial charge in [0.05, 0.1) is 12.5 Å². The molecule has 0 radical (unpaired) electrons. The van der Waals surface area contributed by atoms with Gasteiger partial charge in [0.1, 0.15) is 0 Å². The molecule has 4 heterocycles. The molecule has 1 aromatic heterocycles. The molecular formula is C27H31N3O4S. The highest BCUT2D eigenvalue weighted by Crippen LogP contribution is 2.41. The van der Waals surface area contributed by atoms with Crippen LogP contribution >= 0.6 is 11.3 Å². The van der Waals surface area contributed by atoms with E-state index < -0.39 is 0 Å². The number of Topliss-reactive ketones (excluding diaryl/α,β-unsaturated/α-hetero) is 1. The number of carbonyl (C=O) groups is 4. The van der Waals surface area contributed by atoms with E-state index >= 15 is 0 Å². The molecule has 3 fully saturated rings. The van der Waals surface area contributed by atoms with Crippen molar-refractivity contribution in [3.05, 3.63) is 57.8 Å². The standard InChI is InChI=1S/C27H31N3O4S/c1-19(31)20-4-6-21(7-5-20)25(33)28-11-8-27(9-12-28)10-13-29(18-27)26(34)22-15-24(32)30(16-22)17-23-3-2-14-35-23/h2-7,14,22H,8-13,15-18H2,1H3. The Hall–Kier alpha value is -3.00. The number of hydrogen-bond acceptors (Lipinski definition) is 5. The highest BCUT2D eigenvalue weighted by atomic mass is 32.1. The van der Waals surface area contributed by atoms with Crippen molar-refractivity contribution in [1.82, 2.24) is 14.7 Å². The minimum atomic E-state index is -0.253.